The minimum Gasteiger partial charge on any atom is -0.392 e. The number of unbranched alkanes of at least 4 members (excludes halogenated alkanes) is 2. The number of halogens is 1. The van der Waals surface area contributed by atoms with Crippen molar-refractivity contribution in [2.75, 3.05) is 18.6 Å². The molecular weight excluding hydrogens is 301 g/mol. The van der Waals surface area contributed by atoms with Crippen molar-refractivity contribution in [2.24, 2.45) is 0 Å². The van der Waals surface area contributed by atoms with Crippen LogP contribution in [0.25, 0.3) is 0 Å². The molecule has 0 saturated heterocycles. The molecule has 0 atom stereocenters. The van der Waals surface area contributed by atoms with Gasteiger partial charge in [0.25, 0.3) is 0 Å². The molecule has 0 aromatic heterocycles. The van der Waals surface area contributed by atoms with Crippen LogP contribution >= 0.6 is 11.8 Å². The van der Waals surface area contributed by atoms with E-state index >= 15 is 0 Å². The number of rotatable bonds is 9. The van der Waals surface area contributed by atoms with Crippen LogP contribution in [-0.4, -0.2) is 32.1 Å². The first kappa shape index (κ1) is 17.4. The maximum absolute atomic E-state index is 13.6. The summed E-state index contributed by atoms with van der Waals surface area (Å²) in [5.41, 5.74) is 0.367. The van der Waals surface area contributed by atoms with Crippen LogP contribution in [0.1, 0.15) is 24.8 Å². The zero-order chi connectivity index (χ0) is 15.0. The normalized spacial score (nSPS) is 11.8. The molecule has 114 valence electrons. The van der Waals surface area contributed by atoms with Gasteiger partial charge < -0.3 is 5.11 Å². The predicted molar refractivity (Wildman–Crippen MR) is 79.7 cm³/mol. The highest BCUT2D eigenvalue weighted by Crippen LogP contribution is 2.16. The second kappa shape index (κ2) is 8.61. The first-order valence-electron chi connectivity index (χ1n) is 6.39. The summed E-state index contributed by atoms with van der Waals surface area (Å²) >= 11 is 1.76. The fourth-order valence-electron chi connectivity index (χ4n) is 1.68. The number of nitrogens with one attached hydrogen (secondary N) is 1. The Balaban J connectivity index is 2.60. The highest BCUT2D eigenvalue weighted by Gasteiger charge is 2.18. The molecular formula is C13H20FNO3S2. The van der Waals surface area contributed by atoms with Gasteiger partial charge in [-0.3, -0.25) is 0 Å². The Morgan fingerprint density at radius 2 is 2.05 bits per heavy atom. The summed E-state index contributed by atoms with van der Waals surface area (Å²) in [6, 6.07) is 3.57. The molecule has 0 aliphatic carbocycles. The SMILES string of the molecule is CSCCCCCNS(=O)(=O)c1cc(CO)ccc1F. The molecule has 1 aromatic carbocycles. The van der Waals surface area contributed by atoms with E-state index in [4.69, 9.17) is 5.11 Å². The van der Waals surface area contributed by atoms with E-state index in [9.17, 15) is 12.8 Å². The van der Waals surface area contributed by atoms with E-state index in [2.05, 4.69) is 4.72 Å². The molecule has 4 nitrogen and oxygen atoms in total. The monoisotopic (exact) mass is 321 g/mol. The lowest BCUT2D eigenvalue weighted by Crippen LogP contribution is -2.25. The van der Waals surface area contributed by atoms with E-state index in [1.54, 1.807) is 11.8 Å². The third kappa shape index (κ3) is 5.40. The summed E-state index contributed by atoms with van der Waals surface area (Å²) < 4.78 is 39.9. The summed E-state index contributed by atoms with van der Waals surface area (Å²) in [4.78, 5) is -0.409. The van der Waals surface area contributed by atoms with Crippen LogP contribution in [0.4, 0.5) is 4.39 Å². The van der Waals surface area contributed by atoms with Gasteiger partial charge in [-0.15, -0.1) is 0 Å². The van der Waals surface area contributed by atoms with Crippen molar-refractivity contribution < 1.29 is 17.9 Å². The summed E-state index contributed by atoms with van der Waals surface area (Å²) in [6.07, 6.45) is 4.72. The van der Waals surface area contributed by atoms with Crippen molar-refractivity contribution in [1.29, 1.82) is 0 Å². The van der Waals surface area contributed by atoms with E-state index in [-0.39, 0.29) is 6.61 Å². The van der Waals surface area contributed by atoms with E-state index in [1.165, 1.54) is 6.07 Å². The van der Waals surface area contributed by atoms with Crippen molar-refractivity contribution >= 4 is 21.8 Å². The molecule has 0 aliphatic heterocycles. The van der Waals surface area contributed by atoms with Gasteiger partial charge in [0, 0.05) is 6.54 Å². The average molecular weight is 321 g/mol. The van der Waals surface area contributed by atoms with Crippen LogP contribution < -0.4 is 4.72 Å². The van der Waals surface area contributed by atoms with Gasteiger partial charge in [0.2, 0.25) is 10.0 Å². The number of hydrogen-bond donors (Lipinski definition) is 2. The lowest BCUT2D eigenvalue weighted by molar-refractivity contribution is 0.281. The van der Waals surface area contributed by atoms with Crippen molar-refractivity contribution in [2.45, 2.75) is 30.8 Å². The third-order valence-corrected chi connectivity index (χ3v) is 4.96. The summed E-state index contributed by atoms with van der Waals surface area (Å²) in [5.74, 6) is 0.247. The molecule has 0 radical (unpaired) electrons. The Morgan fingerprint density at radius 3 is 2.70 bits per heavy atom. The molecule has 0 fully saturated rings. The molecule has 1 rings (SSSR count). The van der Waals surface area contributed by atoms with Gasteiger partial charge in [0.05, 0.1) is 6.61 Å². The lowest BCUT2D eigenvalue weighted by Gasteiger charge is -2.08. The second-order valence-corrected chi connectivity index (χ2v) is 7.10. The van der Waals surface area contributed by atoms with Crippen LogP contribution in [0.2, 0.25) is 0 Å². The smallest absolute Gasteiger partial charge is 0.243 e. The van der Waals surface area contributed by atoms with Gasteiger partial charge in [0.1, 0.15) is 10.7 Å². The van der Waals surface area contributed by atoms with E-state index in [0.717, 1.165) is 37.1 Å². The molecule has 0 bridgehead atoms. The number of benzene rings is 1. The van der Waals surface area contributed by atoms with Crippen molar-refractivity contribution in [1.82, 2.24) is 4.72 Å². The van der Waals surface area contributed by atoms with E-state index in [1.807, 2.05) is 6.26 Å². The van der Waals surface area contributed by atoms with E-state index in [0.29, 0.717) is 12.1 Å². The van der Waals surface area contributed by atoms with Crippen molar-refractivity contribution in [3.8, 4) is 0 Å². The van der Waals surface area contributed by atoms with Crippen molar-refractivity contribution in [3.05, 3.63) is 29.6 Å². The number of aliphatic hydroxyl groups is 1. The zero-order valence-electron chi connectivity index (χ0n) is 11.4. The molecule has 7 heteroatoms. The minimum atomic E-state index is -3.86. The van der Waals surface area contributed by atoms with Crippen LogP contribution in [-0.2, 0) is 16.6 Å². The van der Waals surface area contributed by atoms with Gasteiger partial charge >= 0.3 is 0 Å². The molecule has 0 heterocycles. The predicted octanol–water partition coefficient (Wildman–Crippen LogP) is 2.13. The maximum atomic E-state index is 13.6. The van der Waals surface area contributed by atoms with Crippen LogP contribution in [0.5, 0.6) is 0 Å². The largest absolute Gasteiger partial charge is 0.392 e. The molecule has 0 saturated carbocycles. The second-order valence-electron chi connectivity index (χ2n) is 4.37. The fourth-order valence-corrected chi connectivity index (χ4v) is 3.38. The number of thioether (sulfide) groups is 1. The Bertz CT molecular complexity index is 520. The first-order chi connectivity index (χ1) is 9.51. The Labute approximate surface area is 123 Å². The van der Waals surface area contributed by atoms with Crippen LogP contribution in [0, 0.1) is 5.82 Å². The average Bonchev–Trinajstić information content (AvgIpc) is 2.43. The first-order valence-corrected chi connectivity index (χ1v) is 9.27. The molecule has 0 spiro atoms. The highest BCUT2D eigenvalue weighted by atomic mass is 32.2. The Hall–Kier alpha value is -0.630. The van der Waals surface area contributed by atoms with Crippen LogP contribution in [0.15, 0.2) is 23.1 Å². The summed E-state index contributed by atoms with van der Waals surface area (Å²) in [5, 5.41) is 8.98. The van der Waals surface area contributed by atoms with Gasteiger partial charge in [-0.1, -0.05) is 12.5 Å². The van der Waals surface area contributed by atoms with Gasteiger partial charge in [-0.25, -0.2) is 17.5 Å². The maximum Gasteiger partial charge on any atom is 0.243 e. The third-order valence-electron chi connectivity index (χ3n) is 2.79. The quantitative estimate of drug-likeness (QED) is 0.684. The minimum absolute atomic E-state index is 0.291. The zero-order valence-corrected chi connectivity index (χ0v) is 13.1. The molecule has 2 N–H and O–H groups in total. The summed E-state index contributed by atoms with van der Waals surface area (Å²) in [6.45, 7) is -0.0308. The Morgan fingerprint density at radius 1 is 1.30 bits per heavy atom. The van der Waals surface area contributed by atoms with Crippen molar-refractivity contribution in [3.63, 3.8) is 0 Å². The molecule has 1 aromatic rings. The molecule has 20 heavy (non-hydrogen) atoms. The van der Waals surface area contributed by atoms with E-state index < -0.39 is 20.7 Å². The number of sulfonamides is 1. The number of hydrogen-bond acceptors (Lipinski definition) is 4. The topological polar surface area (TPSA) is 66.4 Å². The van der Waals surface area contributed by atoms with Gasteiger partial charge in [0.15, 0.2) is 0 Å². The lowest BCUT2D eigenvalue weighted by atomic mass is 10.2. The Kier molecular flexibility index (Phi) is 7.50. The molecule has 0 unspecified atom stereocenters. The standard InChI is InChI=1S/C13H20FNO3S2/c1-19-8-4-2-3-7-15-20(17,18)13-9-11(10-16)5-6-12(13)14/h5-6,9,15-16H,2-4,7-8,10H2,1H3. The summed E-state index contributed by atoms with van der Waals surface area (Å²) in [7, 11) is -3.86. The molecule has 0 amide bonds. The fraction of sp³-hybridized carbons (Fsp3) is 0.538. The van der Waals surface area contributed by atoms with Gasteiger partial charge in [-0.05, 0) is 42.5 Å². The highest BCUT2D eigenvalue weighted by molar-refractivity contribution is 7.98. The van der Waals surface area contributed by atoms with Gasteiger partial charge in [-0.2, -0.15) is 11.8 Å². The molecule has 0 aliphatic rings. The number of aliphatic hydroxyl groups excluding tert-OH is 1. The van der Waals surface area contributed by atoms with Crippen LogP contribution in [0.3, 0.4) is 0 Å².